The standard InChI is InChI=1S/C18H23FN4O/c1-11(2)17-15(18(24)21-10-16(20)12-3-4-12)9-22-23(17)14-7-5-13(19)6-8-14/h5-9,11-12,16H,3-4,10,20H2,1-2H3,(H,21,24). The summed E-state index contributed by atoms with van der Waals surface area (Å²) in [5.41, 5.74) is 8.12. The summed E-state index contributed by atoms with van der Waals surface area (Å²) in [6.45, 7) is 4.48. The van der Waals surface area contributed by atoms with Crippen molar-refractivity contribution in [1.29, 1.82) is 0 Å². The molecule has 1 aromatic heterocycles. The number of rotatable bonds is 6. The molecule has 0 radical (unpaired) electrons. The van der Waals surface area contributed by atoms with Gasteiger partial charge in [0.1, 0.15) is 5.82 Å². The quantitative estimate of drug-likeness (QED) is 0.855. The minimum Gasteiger partial charge on any atom is -0.350 e. The molecule has 5 nitrogen and oxygen atoms in total. The number of hydrogen-bond acceptors (Lipinski definition) is 3. The number of benzene rings is 1. The Morgan fingerprint density at radius 2 is 2.04 bits per heavy atom. The van der Waals surface area contributed by atoms with Gasteiger partial charge in [-0.25, -0.2) is 9.07 Å². The SMILES string of the molecule is CC(C)c1c(C(=O)NCC(N)C2CC2)cnn1-c1ccc(F)cc1. The van der Waals surface area contributed by atoms with Gasteiger partial charge in [-0.05, 0) is 48.9 Å². The summed E-state index contributed by atoms with van der Waals surface area (Å²) in [5, 5.41) is 7.25. The molecule has 1 fully saturated rings. The average Bonchev–Trinajstić information content (AvgIpc) is 3.31. The maximum atomic E-state index is 13.1. The summed E-state index contributed by atoms with van der Waals surface area (Å²) in [4.78, 5) is 12.5. The smallest absolute Gasteiger partial charge is 0.254 e. The second kappa shape index (κ2) is 6.73. The second-order valence-electron chi connectivity index (χ2n) is 6.70. The first kappa shape index (κ1) is 16.6. The Kier molecular flexibility index (Phi) is 4.66. The fourth-order valence-corrected chi connectivity index (χ4v) is 2.87. The molecule has 3 N–H and O–H groups in total. The number of nitrogens with one attached hydrogen (secondary N) is 1. The van der Waals surface area contributed by atoms with Crippen LogP contribution in [0.15, 0.2) is 30.5 Å². The first-order valence-electron chi connectivity index (χ1n) is 8.35. The van der Waals surface area contributed by atoms with E-state index in [1.165, 1.54) is 12.1 Å². The third-order valence-corrected chi connectivity index (χ3v) is 4.39. The van der Waals surface area contributed by atoms with Gasteiger partial charge in [0.05, 0.1) is 23.1 Å². The van der Waals surface area contributed by atoms with Crippen LogP contribution in [0.25, 0.3) is 5.69 Å². The van der Waals surface area contributed by atoms with Crippen molar-refractivity contribution in [3.63, 3.8) is 0 Å². The normalized spacial score (nSPS) is 15.5. The van der Waals surface area contributed by atoms with Gasteiger partial charge in [0.2, 0.25) is 0 Å². The van der Waals surface area contributed by atoms with Crippen molar-refractivity contribution in [3.05, 3.63) is 47.5 Å². The zero-order valence-corrected chi connectivity index (χ0v) is 14.0. The number of amides is 1. The Morgan fingerprint density at radius 3 is 2.62 bits per heavy atom. The van der Waals surface area contributed by atoms with Gasteiger partial charge in [0.15, 0.2) is 0 Å². The highest BCUT2D eigenvalue weighted by Gasteiger charge is 2.29. The predicted octanol–water partition coefficient (Wildman–Crippen LogP) is 2.60. The van der Waals surface area contributed by atoms with E-state index in [0.717, 1.165) is 24.2 Å². The fraction of sp³-hybridized carbons (Fsp3) is 0.444. The van der Waals surface area contributed by atoms with Crippen LogP contribution in [0, 0.1) is 11.7 Å². The van der Waals surface area contributed by atoms with Gasteiger partial charge in [-0.3, -0.25) is 4.79 Å². The molecule has 1 saturated carbocycles. The lowest BCUT2D eigenvalue weighted by molar-refractivity contribution is 0.0949. The largest absolute Gasteiger partial charge is 0.350 e. The number of aromatic nitrogens is 2. The highest BCUT2D eigenvalue weighted by atomic mass is 19.1. The van der Waals surface area contributed by atoms with Gasteiger partial charge in [-0.15, -0.1) is 0 Å². The number of carbonyl (C=O) groups excluding carboxylic acids is 1. The van der Waals surface area contributed by atoms with Crippen LogP contribution in [0.5, 0.6) is 0 Å². The second-order valence-corrected chi connectivity index (χ2v) is 6.70. The van der Waals surface area contributed by atoms with Crippen LogP contribution in [0.3, 0.4) is 0 Å². The Morgan fingerprint density at radius 1 is 1.38 bits per heavy atom. The minimum absolute atomic E-state index is 0.0172. The van der Waals surface area contributed by atoms with E-state index < -0.39 is 0 Å². The van der Waals surface area contributed by atoms with E-state index in [4.69, 9.17) is 5.73 Å². The lowest BCUT2D eigenvalue weighted by Gasteiger charge is -2.14. The van der Waals surface area contributed by atoms with Crippen LogP contribution in [0.4, 0.5) is 4.39 Å². The number of nitrogens with zero attached hydrogens (tertiary/aromatic N) is 2. The average molecular weight is 330 g/mol. The van der Waals surface area contributed by atoms with Gasteiger partial charge in [0, 0.05) is 12.6 Å². The Labute approximate surface area is 141 Å². The zero-order chi connectivity index (χ0) is 17.3. The van der Waals surface area contributed by atoms with Gasteiger partial charge in [-0.1, -0.05) is 13.8 Å². The molecule has 0 bridgehead atoms. The number of halogens is 1. The lowest BCUT2D eigenvalue weighted by Crippen LogP contribution is -2.38. The van der Waals surface area contributed by atoms with Crippen molar-refractivity contribution in [2.24, 2.45) is 11.7 Å². The Hall–Kier alpha value is -2.21. The van der Waals surface area contributed by atoms with E-state index >= 15 is 0 Å². The van der Waals surface area contributed by atoms with E-state index in [1.54, 1.807) is 23.0 Å². The summed E-state index contributed by atoms with van der Waals surface area (Å²) >= 11 is 0. The molecule has 128 valence electrons. The van der Waals surface area contributed by atoms with Crippen LogP contribution >= 0.6 is 0 Å². The van der Waals surface area contributed by atoms with Gasteiger partial charge in [0.25, 0.3) is 5.91 Å². The summed E-state index contributed by atoms with van der Waals surface area (Å²) < 4.78 is 14.8. The molecule has 0 spiro atoms. The molecular formula is C18H23FN4O. The van der Waals surface area contributed by atoms with Crippen molar-refractivity contribution < 1.29 is 9.18 Å². The summed E-state index contributed by atoms with van der Waals surface area (Å²) in [6.07, 6.45) is 3.87. The summed E-state index contributed by atoms with van der Waals surface area (Å²) in [5.74, 6) is 0.166. The van der Waals surface area contributed by atoms with E-state index in [0.29, 0.717) is 18.0 Å². The predicted molar refractivity (Wildman–Crippen MR) is 90.6 cm³/mol. The van der Waals surface area contributed by atoms with Crippen LogP contribution in [-0.4, -0.2) is 28.3 Å². The summed E-state index contributed by atoms with van der Waals surface area (Å²) in [6, 6.07) is 6.09. The molecule has 0 aliphatic heterocycles. The van der Waals surface area contributed by atoms with Crippen molar-refractivity contribution in [2.75, 3.05) is 6.54 Å². The van der Waals surface area contributed by atoms with Crippen LogP contribution < -0.4 is 11.1 Å². The molecule has 2 aromatic rings. The van der Waals surface area contributed by atoms with Gasteiger partial charge in [-0.2, -0.15) is 5.10 Å². The number of nitrogens with two attached hydrogens (primary N) is 1. The number of carbonyl (C=O) groups is 1. The summed E-state index contributed by atoms with van der Waals surface area (Å²) in [7, 11) is 0. The first-order valence-corrected chi connectivity index (χ1v) is 8.35. The molecule has 1 atom stereocenters. The lowest BCUT2D eigenvalue weighted by atomic mass is 10.0. The van der Waals surface area contributed by atoms with Crippen LogP contribution in [0.2, 0.25) is 0 Å². The molecule has 3 rings (SSSR count). The molecule has 1 aliphatic carbocycles. The van der Waals surface area contributed by atoms with E-state index in [1.807, 2.05) is 13.8 Å². The number of hydrogen-bond donors (Lipinski definition) is 2. The minimum atomic E-state index is -0.302. The topological polar surface area (TPSA) is 72.9 Å². The monoisotopic (exact) mass is 330 g/mol. The Balaban J connectivity index is 1.82. The third-order valence-electron chi connectivity index (χ3n) is 4.39. The van der Waals surface area contributed by atoms with E-state index in [9.17, 15) is 9.18 Å². The van der Waals surface area contributed by atoms with Gasteiger partial charge >= 0.3 is 0 Å². The van der Waals surface area contributed by atoms with E-state index in [-0.39, 0.29) is 23.7 Å². The van der Waals surface area contributed by atoms with Crippen molar-refractivity contribution in [2.45, 2.75) is 38.6 Å². The van der Waals surface area contributed by atoms with E-state index in [2.05, 4.69) is 10.4 Å². The fourth-order valence-electron chi connectivity index (χ4n) is 2.87. The highest BCUT2D eigenvalue weighted by Crippen LogP contribution is 2.31. The zero-order valence-electron chi connectivity index (χ0n) is 14.0. The molecule has 24 heavy (non-hydrogen) atoms. The van der Waals surface area contributed by atoms with Crippen molar-refractivity contribution in [3.8, 4) is 5.69 Å². The molecule has 1 amide bonds. The molecule has 1 aromatic carbocycles. The molecular weight excluding hydrogens is 307 g/mol. The highest BCUT2D eigenvalue weighted by molar-refractivity contribution is 5.95. The van der Waals surface area contributed by atoms with Crippen molar-refractivity contribution in [1.82, 2.24) is 15.1 Å². The Bertz CT molecular complexity index is 719. The molecule has 6 heteroatoms. The van der Waals surface area contributed by atoms with Crippen LogP contribution in [-0.2, 0) is 0 Å². The first-order chi connectivity index (χ1) is 11.5. The van der Waals surface area contributed by atoms with Crippen LogP contribution in [0.1, 0.15) is 48.7 Å². The molecule has 1 unspecified atom stereocenters. The van der Waals surface area contributed by atoms with Gasteiger partial charge < -0.3 is 11.1 Å². The van der Waals surface area contributed by atoms with Crippen molar-refractivity contribution >= 4 is 5.91 Å². The third kappa shape index (κ3) is 3.48. The maximum Gasteiger partial charge on any atom is 0.254 e. The molecule has 0 saturated heterocycles. The molecule has 1 aliphatic rings. The maximum absolute atomic E-state index is 13.1. The molecule has 1 heterocycles.